The number of aliphatic hydroxyl groups excluding tert-OH is 3. The van der Waals surface area contributed by atoms with E-state index in [1.807, 2.05) is 0 Å². The van der Waals surface area contributed by atoms with Crippen LogP contribution in [0.1, 0.15) is 32.1 Å². The monoisotopic (exact) mass is 261 g/mol. The third kappa shape index (κ3) is 4.46. The lowest BCUT2D eigenvalue weighted by Crippen LogP contribution is -2.67. The van der Waals surface area contributed by atoms with Crippen LogP contribution in [0.25, 0.3) is 0 Å². The number of aliphatic hydroxyl groups is 3. The summed E-state index contributed by atoms with van der Waals surface area (Å²) in [7, 11) is 0. The first-order chi connectivity index (χ1) is 8.79. The zero-order chi connectivity index (χ0) is 13.3. The summed E-state index contributed by atoms with van der Waals surface area (Å²) < 4.78 is 0. The van der Waals surface area contributed by atoms with Crippen LogP contribution in [0.4, 0.5) is 0 Å². The van der Waals surface area contributed by atoms with Gasteiger partial charge in [0, 0.05) is 33.0 Å². The maximum atomic E-state index is 9.05. The van der Waals surface area contributed by atoms with Crippen LogP contribution in [0.5, 0.6) is 0 Å². The van der Waals surface area contributed by atoms with Crippen molar-refractivity contribution in [2.75, 3.05) is 39.7 Å². The first-order valence-electron chi connectivity index (χ1n) is 6.82. The van der Waals surface area contributed by atoms with Gasteiger partial charge in [0.1, 0.15) is 0 Å². The van der Waals surface area contributed by atoms with Crippen molar-refractivity contribution < 1.29 is 15.3 Å². The molecule has 0 aliphatic carbocycles. The molecule has 1 saturated heterocycles. The Bertz CT molecular complexity index is 209. The van der Waals surface area contributed by atoms with E-state index in [9.17, 15) is 0 Å². The van der Waals surface area contributed by atoms with Crippen molar-refractivity contribution in [1.82, 2.24) is 15.5 Å². The largest absolute Gasteiger partial charge is 0.396 e. The second-order valence-corrected chi connectivity index (χ2v) is 4.79. The van der Waals surface area contributed by atoms with Crippen molar-refractivity contribution in [3.8, 4) is 0 Å². The molecule has 0 spiro atoms. The molecule has 6 nitrogen and oxygen atoms in total. The fourth-order valence-electron chi connectivity index (χ4n) is 2.60. The van der Waals surface area contributed by atoms with Gasteiger partial charge in [-0.25, -0.2) is 0 Å². The molecule has 0 amide bonds. The Morgan fingerprint density at radius 3 is 2.11 bits per heavy atom. The van der Waals surface area contributed by atoms with Crippen LogP contribution in [-0.4, -0.2) is 65.6 Å². The van der Waals surface area contributed by atoms with Crippen molar-refractivity contribution in [1.29, 1.82) is 0 Å². The summed E-state index contributed by atoms with van der Waals surface area (Å²) in [5, 5.41) is 33.8. The molecule has 1 aliphatic heterocycles. The molecule has 0 bridgehead atoms. The Hall–Kier alpha value is -0.240. The first-order valence-corrected chi connectivity index (χ1v) is 6.82. The van der Waals surface area contributed by atoms with E-state index in [0.717, 1.165) is 52.0 Å². The summed E-state index contributed by atoms with van der Waals surface area (Å²) in [4.78, 5) is 2.28. The number of hydrogen-bond donors (Lipinski definition) is 5. The third-order valence-corrected chi connectivity index (χ3v) is 3.53. The van der Waals surface area contributed by atoms with E-state index in [2.05, 4.69) is 15.5 Å². The highest BCUT2D eigenvalue weighted by Gasteiger charge is 2.36. The molecule has 0 aromatic rings. The second kappa shape index (κ2) is 8.79. The number of rotatable bonds is 9. The molecule has 6 heteroatoms. The van der Waals surface area contributed by atoms with E-state index in [0.29, 0.717) is 0 Å². The van der Waals surface area contributed by atoms with Crippen LogP contribution < -0.4 is 10.6 Å². The number of nitrogens with one attached hydrogen (secondary N) is 2. The van der Waals surface area contributed by atoms with E-state index >= 15 is 0 Å². The fraction of sp³-hybridized carbons (Fsp3) is 1.00. The van der Waals surface area contributed by atoms with Gasteiger partial charge in [-0.3, -0.25) is 15.5 Å². The van der Waals surface area contributed by atoms with Gasteiger partial charge in [0.25, 0.3) is 0 Å². The average molecular weight is 261 g/mol. The molecular formula is C12H27N3O3. The van der Waals surface area contributed by atoms with Crippen LogP contribution >= 0.6 is 0 Å². The van der Waals surface area contributed by atoms with Gasteiger partial charge < -0.3 is 15.3 Å². The van der Waals surface area contributed by atoms with Gasteiger partial charge in [0.2, 0.25) is 0 Å². The van der Waals surface area contributed by atoms with Gasteiger partial charge in [-0.1, -0.05) is 0 Å². The molecule has 0 unspecified atom stereocenters. The lowest BCUT2D eigenvalue weighted by atomic mass is 9.94. The summed E-state index contributed by atoms with van der Waals surface area (Å²) in [5.41, 5.74) is -0.161. The molecule has 5 N–H and O–H groups in total. The summed E-state index contributed by atoms with van der Waals surface area (Å²) >= 11 is 0. The van der Waals surface area contributed by atoms with E-state index in [4.69, 9.17) is 15.3 Å². The summed E-state index contributed by atoms with van der Waals surface area (Å²) in [5.74, 6) is 0. The van der Waals surface area contributed by atoms with Crippen molar-refractivity contribution in [3.63, 3.8) is 0 Å². The minimum absolute atomic E-state index is 0.161. The van der Waals surface area contributed by atoms with Crippen LogP contribution in [0, 0.1) is 0 Å². The molecule has 18 heavy (non-hydrogen) atoms. The predicted molar refractivity (Wildman–Crippen MR) is 69.8 cm³/mol. The first kappa shape index (κ1) is 15.8. The lowest BCUT2D eigenvalue weighted by Gasteiger charge is -2.48. The highest BCUT2D eigenvalue weighted by molar-refractivity contribution is 4.90. The Morgan fingerprint density at radius 1 is 0.944 bits per heavy atom. The molecule has 108 valence electrons. The van der Waals surface area contributed by atoms with Gasteiger partial charge in [-0.15, -0.1) is 0 Å². The summed E-state index contributed by atoms with van der Waals surface area (Å²) in [6.07, 6.45) is 3.94. The van der Waals surface area contributed by atoms with Gasteiger partial charge in [-0.2, -0.15) is 0 Å². The van der Waals surface area contributed by atoms with Crippen LogP contribution in [0.3, 0.4) is 0 Å². The van der Waals surface area contributed by atoms with Gasteiger partial charge in [0.05, 0.1) is 12.3 Å². The topological polar surface area (TPSA) is 88.0 Å². The third-order valence-electron chi connectivity index (χ3n) is 3.53. The zero-order valence-electron chi connectivity index (χ0n) is 11.1. The Kier molecular flexibility index (Phi) is 7.73. The van der Waals surface area contributed by atoms with Crippen LogP contribution in [0.2, 0.25) is 0 Å². The molecule has 0 radical (unpaired) electrons. The molecule has 0 saturated carbocycles. The predicted octanol–water partition coefficient (Wildman–Crippen LogP) is -0.980. The Balaban J connectivity index is 2.65. The lowest BCUT2D eigenvalue weighted by molar-refractivity contribution is -0.0129. The Morgan fingerprint density at radius 2 is 1.56 bits per heavy atom. The molecule has 0 aromatic carbocycles. The molecule has 0 aromatic heterocycles. The zero-order valence-corrected chi connectivity index (χ0v) is 11.1. The van der Waals surface area contributed by atoms with Crippen molar-refractivity contribution in [3.05, 3.63) is 0 Å². The highest BCUT2D eigenvalue weighted by Crippen LogP contribution is 2.25. The maximum absolute atomic E-state index is 9.05. The fourth-order valence-corrected chi connectivity index (χ4v) is 2.60. The van der Waals surface area contributed by atoms with Crippen molar-refractivity contribution in [2.45, 2.75) is 37.8 Å². The SMILES string of the molecule is OCCCN1CNCNC1(CCCO)CCCO. The Labute approximate surface area is 109 Å². The smallest absolute Gasteiger partial charge is 0.0734 e. The second-order valence-electron chi connectivity index (χ2n) is 4.79. The molecule has 0 atom stereocenters. The normalized spacial score (nSPS) is 20.2. The highest BCUT2D eigenvalue weighted by atomic mass is 16.3. The number of nitrogens with zero attached hydrogens (tertiary/aromatic N) is 1. The molecular weight excluding hydrogens is 234 g/mol. The van der Waals surface area contributed by atoms with E-state index in [-0.39, 0.29) is 25.5 Å². The van der Waals surface area contributed by atoms with Crippen LogP contribution in [0.15, 0.2) is 0 Å². The minimum atomic E-state index is -0.161. The quantitative estimate of drug-likeness (QED) is 0.367. The average Bonchev–Trinajstić information content (AvgIpc) is 2.42. The molecule has 1 aliphatic rings. The van der Waals surface area contributed by atoms with E-state index in [1.165, 1.54) is 0 Å². The van der Waals surface area contributed by atoms with E-state index in [1.54, 1.807) is 0 Å². The van der Waals surface area contributed by atoms with Gasteiger partial charge >= 0.3 is 0 Å². The number of hydrogen-bond acceptors (Lipinski definition) is 6. The molecule has 1 heterocycles. The van der Waals surface area contributed by atoms with Gasteiger partial charge in [0.15, 0.2) is 0 Å². The molecule has 1 rings (SSSR count). The standard InChI is InChI=1S/C12H27N3O3/c16-7-1-4-12(5-2-8-17)14-10-13-11-15(12)6-3-9-18/h13-14,16-18H,1-11H2. The van der Waals surface area contributed by atoms with Crippen molar-refractivity contribution >= 4 is 0 Å². The van der Waals surface area contributed by atoms with Crippen LogP contribution in [-0.2, 0) is 0 Å². The van der Waals surface area contributed by atoms with Gasteiger partial charge in [-0.05, 0) is 32.1 Å². The molecule has 1 fully saturated rings. The van der Waals surface area contributed by atoms with E-state index < -0.39 is 0 Å². The summed E-state index contributed by atoms with van der Waals surface area (Å²) in [6.45, 7) is 2.89. The minimum Gasteiger partial charge on any atom is -0.396 e. The maximum Gasteiger partial charge on any atom is 0.0734 e. The summed E-state index contributed by atoms with van der Waals surface area (Å²) in [6, 6.07) is 0. The van der Waals surface area contributed by atoms with Crippen molar-refractivity contribution in [2.24, 2.45) is 0 Å².